The zero-order chi connectivity index (χ0) is 16.4. The summed E-state index contributed by atoms with van der Waals surface area (Å²) in [6, 6.07) is 1.83. The molecule has 22 heavy (non-hydrogen) atoms. The largest absolute Gasteiger partial charge is 0.349 e. The second-order valence-corrected chi connectivity index (χ2v) is 6.26. The summed E-state index contributed by atoms with van der Waals surface area (Å²) in [5.41, 5.74) is 0.887. The molecule has 2 N–H and O–H groups in total. The zero-order valence-electron chi connectivity index (χ0n) is 13.6. The number of amides is 1. The standard InChI is InChI=1S/C16H23N3O3/c1-15(2,3)12-10-13(19-18-12)17-14(20)11-8-6-7-9-16(11,21-4)22-5/h6-11H,1-5H3,(H2,17,18,19,20). The number of allylic oxidation sites excluding steroid dienone is 2. The first-order chi connectivity index (χ1) is 10.3. The van der Waals surface area contributed by atoms with E-state index in [4.69, 9.17) is 9.47 Å². The van der Waals surface area contributed by atoms with Crippen molar-refractivity contribution in [3.8, 4) is 0 Å². The van der Waals surface area contributed by atoms with Crippen LogP contribution in [0.3, 0.4) is 0 Å². The number of carbonyl (C=O) groups excluding carboxylic acids is 1. The maximum absolute atomic E-state index is 12.5. The van der Waals surface area contributed by atoms with Gasteiger partial charge in [0.2, 0.25) is 11.7 Å². The summed E-state index contributed by atoms with van der Waals surface area (Å²) in [7, 11) is 3.03. The van der Waals surface area contributed by atoms with Crippen molar-refractivity contribution in [2.45, 2.75) is 32.0 Å². The highest BCUT2D eigenvalue weighted by molar-refractivity contribution is 5.94. The van der Waals surface area contributed by atoms with E-state index in [1.807, 2.05) is 6.07 Å². The number of aromatic amines is 1. The van der Waals surface area contributed by atoms with Gasteiger partial charge in [-0.15, -0.1) is 0 Å². The molecule has 0 aliphatic heterocycles. The van der Waals surface area contributed by atoms with Gasteiger partial charge in [-0.1, -0.05) is 39.0 Å². The third kappa shape index (κ3) is 3.13. The first kappa shape index (κ1) is 16.5. The van der Waals surface area contributed by atoms with Crippen LogP contribution in [0.5, 0.6) is 0 Å². The van der Waals surface area contributed by atoms with Crippen molar-refractivity contribution in [1.82, 2.24) is 10.2 Å². The third-order valence-corrected chi connectivity index (χ3v) is 3.73. The maximum Gasteiger partial charge on any atom is 0.238 e. The number of rotatable bonds is 4. The summed E-state index contributed by atoms with van der Waals surface area (Å²) in [5.74, 6) is -1.44. The highest BCUT2D eigenvalue weighted by Gasteiger charge is 2.41. The summed E-state index contributed by atoms with van der Waals surface area (Å²) in [4.78, 5) is 12.5. The minimum atomic E-state index is -1.10. The Morgan fingerprint density at radius 2 is 2.00 bits per heavy atom. The molecular formula is C16H23N3O3. The van der Waals surface area contributed by atoms with Gasteiger partial charge in [-0.3, -0.25) is 9.89 Å². The number of nitrogens with one attached hydrogen (secondary N) is 2. The van der Waals surface area contributed by atoms with Crippen LogP contribution < -0.4 is 5.32 Å². The first-order valence-electron chi connectivity index (χ1n) is 7.15. The van der Waals surface area contributed by atoms with Gasteiger partial charge in [0.15, 0.2) is 5.82 Å². The fourth-order valence-corrected chi connectivity index (χ4v) is 2.32. The Balaban J connectivity index is 2.16. The number of H-pyrrole nitrogens is 1. The van der Waals surface area contributed by atoms with Crippen LogP contribution in [0.1, 0.15) is 26.5 Å². The monoisotopic (exact) mass is 305 g/mol. The van der Waals surface area contributed by atoms with Gasteiger partial charge in [-0.05, 0) is 6.08 Å². The van der Waals surface area contributed by atoms with Crippen molar-refractivity contribution in [1.29, 1.82) is 0 Å². The van der Waals surface area contributed by atoms with Crippen LogP contribution in [-0.4, -0.2) is 36.1 Å². The molecule has 1 atom stereocenters. The number of anilines is 1. The molecule has 1 unspecified atom stereocenters. The first-order valence-corrected chi connectivity index (χ1v) is 7.15. The van der Waals surface area contributed by atoms with Crippen LogP contribution >= 0.6 is 0 Å². The van der Waals surface area contributed by atoms with Gasteiger partial charge in [-0.25, -0.2) is 0 Å². The van der Waals surface area contributed by atoms with E-state index in [9.17, 15) is 4.79 Å². The van der Waals surface area contributed by atoms with Gasteiger partial charge >= 0.3 is 0 Å². The molecule has 0 aromatic carbocycles. The highest BCUT2D eigenvalue weighted by atomic mass is 16.7. The average Bonchev–Trinajstić information content (AvgIpc) is 2.95. The summed E-state index contributed by atoms with van der Waals surface area (Å²) in [6.45, 7) is 6.21. The molecule has 6 heteroatoms. The minimum Gasteiger partial charge on any atom is -0.349 e. The van der Waals surface area contributed by atoms with E-state index in [0.29, 0.717) is 5.82 Å². The molecule has 120 valence electrons. The summed E-state index contributed by atoms with van der Waals surface area (Å²) in [6.07, 6.45) is 7.07. The normalized spacial score (nSPS) is 20.1. The molecule has 1 aliphatic carbocycles. The van der Waals surface area contributed by atoms with E-state index >= 15 is 0 Å². The number of hydrogen-bond acceptors (Lipinski definition) is 4. The van der Waals surface area contributed by atoms with Gasteiger partial charge in [0.1, 0.15) is 5.92 Å². The fraction of sp³-hybridized carbons (Fsp3) is 0.500. The van der Waals surface area contributed by atoms with E-state index in [2.05, 4.69) is 36.3 Å². The van der Waals surface area contributed by atoms with Crippen LogP contribution in [0, 0.1) is 5.92 Å². The molecule has 0 spiro atoms. The average molecular weight is 305 g/mol. The minimum absolute atomic E-state index is 0.0632. The molecule has 0 saturated heterocycles. The van der Waals surface area contributed by atoms with E-state index in [0.717, 1.165) is 5.69 Å². The van der Waals surface area contributed by atoms with Crippen LogP contribution in [-0.2, 0) is 19.7 Å². The molecule has 0 saturated carbocycles. The summed E-state index contributed by atoms with van der Waals surface area (Å²) >= 11 is 0. The molecule has 1 heterocycles. The Labute approximate surface area is 130 Å². The number of methoxy groups -OCH3 is 2. The molecule has 2 rings (SSSR count). The van der Waals surface area contributed by atoms with Gasteiger partial charge in [0.25, 0.3) is 0 Å². The van der Waals surface area contributed by atoms with Gasteiger partial charge in [-0.2, -0.15) is 5.10 Å². The lowest BCUT2D eigenvalue weighted by molar-refractivity contribution is -0.195. The fourth-order valence-electron chi connectivity index (χ4n) is 2.32. The van der Waals surface area contributed by atoms with Gasteiger partial charge in [0.05, 0.1) is 0 Å². The number of ether oxygens (including phenoxy) is 2. The molecule has 0 bridgehead atoms. The van der Waals surface area contributed by atoms with Crippen LogP contribution in [0.2, 0.25) is 0 Å². The predicted octanol–water partition coefficient (Wildman–Crippen LogP) is 2.38. The smallest absolute Gasteiger partial charge is 0.238 e. The van der Waals surface area contributed by atoms with Crippen LogP contribution in [0.25, 0.3) is 0 Å². The Morgan fingerprint density at radius 3 is 2.55 bits per heavy atom. The number of nitrogens with zero attached hydrogens (tertiary/aromatic N) is 1. The predicted molar refractivity (Wildman–Crippen MR) is 84.4 cm³/mol. The maximum atomic E-state index is 12.5. The molecule has 0 radical (unpaired) electrons. The highest BCUT2D eigenvalue weighted by Crippen LogP contribution is 2.30. The summed E-state index contributed by atoms with van der Waals surface area (Å²) < 4.78 is 10.8. The van der Waals surface area contributed by atoms with Crippen molar-refractivity contribution in [2.24, 2.45) is 5.92 Å². The molecule has 1 aromatic heterocycles. The van der Waals surface area contributed by atoms with Gasteiger partial charge < -0.3 is 14.8 Å². The van der Waals surface area contributed by atoms with Crippen molar-refractivity contribution >= 4 is 11.7 Å². The molecule has 1 aromatic rings. The second kappa shape index (κ2) is 6.06. The lowest BCUT2D eigenvalue weighted by Gasteiger charge is -2.34. The second-order valence-electron chi connectivity index (χ2n) is 6.26. The van der Waals surface area contributed by atoms with Crippen molar-refractivity contribution in [2.75, 3.05) is 19.5 Å². The molecular weight excluding hydrogens is 282 g/mol. The van der Waals surface area contributed by atoms with Crippen LogP contribution in [0.4, 0.5) is 5.82 Å². The van der Waals surface area contributed by atoms with Crippen molar-refractivity contribution in [3.05, 3.63) is 36.1 Å². The van der Waals surface area contributed by atoms with E-state index < -0.39 is 11.7 Å². The van der Waals surface area contributed by atoms with E-state index in [1.165, 1.54) is 14.2 Å². The van der Waals surface area contributed by atoms with E-state index in [1.54, 1.807) is 24.3 Å². The SMILES string of the molecule is COC1(OC)C=CC=CC1C(=O)Nc1cc(C(C)(C)C)[nH]n1. The van der Waals surface area contributed by atoms with Gasteiger partial charge in [0, 0.05) is 31.4 Å². The topological polar surface area (TPSA) is 76.2 Å². The Kier molecular flexibility index (Phi) is 4.53. The third-order valence-electron chi connectivity index (χ3n) is 3.73. The lowest BCUT2D eigenvalue weighted by atomic mass is 9.92. The molecule has 1 aliphatic rings. The number of aromatic nitrogens is 2. The zero-order valence-corrected chi connectivity index (χ0v) is 13.6. The number of carbonyl (C=O) groups is 1. The molecule has 0 fully saturated rings. The Morgan fingerprint density at radius 1 is 1.32 bits per heavy atom. The lowest BCUT2D eigenvalue weighted by Crippen LogP contribution is -2.46. The van der Waals surface area contributed by atoms with Crippen molar-refractivity contribution in [3.63, 3.8) is 0 Å². The Bertz CT molecular complexity index is 592. The molecule has 1 amide bonds. The quantitative estimate of drug-likeness (QED) is 0.837. The summed E-state index contributed by atoms with van der Waals surface area (Å²) in [5, 5.41) is 9.88. The van der Waals surface area contributed by atoms with Crippen LogP contribution in [0.15, 0.2) is 30.4 Å². The van der Waals surface area contributed by atoms with Crippen molar-refractivity contribution < 1.29 is 14.3 Å². The Hall–Kier alpha value is -1.92. The van der Waals surface area contributed by atoms with E-state index in [-0.39, 0.29) is 11.3 Å². The number of hydrogen-bond donors (Lipinski definition) is 2. The molecule has 6 nitrogen and oxygen atoms in total.